The number of rotatable bonds is 2. The minimum absolute atomic E-state index is 0.462. The van der Waals surface area contributed by atoms with Gasteiger partial charge in [0.2, 0.25) is 0 Å². The first-order valence-corrected chi connectivity index (χ1v) is 5.82. The molecule has 13 heavy (non-hydrogen) atoms. The smallest absolute Gasteiger partial charge is 0.0180 e. The van der Waals surface area contributed by atoms with Crippen molar-refractivity contribution in [2.24, 2.45) is 11.7 Å². The van der Waals surface area contributed by atoms with Crippen LogP contribution in [-0.4, -0.2) is 30.6 Å². The molecule has 0 aromatic heterocycles. The molecule has 2 N–H and O–H groups in total. The zero-order valence-electron chi connectivity index (χ0n) is 8.54. The zero-order valence-corrected chi connectivity index (χ0v) is 8.54. The summed E-state index contributed by atoms with van der Waals surface area (Å²) in [6.07, 6.45) is 8.54. The number of hydrogen-bond acceptors (Lipinski definition) is 2. The predicted octanol–water partition coefficient (Wildman–Crippen LogP) is 1.60. The summed E-state index contributed by atoms with van der Waals surface area (Å²) in [6.45, 7) is 3.72. The van der Waals surface area contributed by atoms with Gasteiger partial charge < -0.3 is 10.6 Å². The van der Waals surface area contributed by atoms with E-state index in [1.807, 2.05) is 0 Å². The normalized spacial score (nSPS) is 32.5. The first-order valence-electron chi connectivity index (χ1n) is 5.82. The second-order valence-corrected chi connectivity index (χ2v) is 4.81. The fraction of sp³-hybridized carbons (Fsp3) is 1.00. The van der Waals surface area contributed by atoms with E-state index in [1.165, 1.54) is 51.6 Å². The second-order valence-electron chi connectivity index (χ2n) is 4.81. The van der Waals surface area contributed by atoms with Crippen molar-refractivity contribution in [3.63, 3.8) is 0 Å². The van der Waals surface area contributed by atoms with E-state index in [-0.39, 0.29) is 0 Å². The summed E-state index contributed by atoms with van der Waals surface area (Å²) in [5.74, 6) is 0.985. The highest BCUT2D eigenvalue weighted by molar-refractivity contribution is 4.80. The maximum Gasteiger partial charge on any atom is 0.0180 e. The van der Waals surface area contributed by atoms with E-state index in [9.17, 15) is 0 Å². The van der Waals surface area contributed by atoms with Gasteiger partial charge in [-0.1, -0.05) is 19.3 Å². The van der Waals surface area contributed by atoms with Gasteiger partial charge in [0, 0.05) is 19.1 Å². The van der Waals surface area contributed by atoms with Crippen LogP contribution in [0.1, 0.15) is 38.5 Å². The largest absolute Gasteiger partial charge is 0.326 e. The van der Waals surface area contributed by atoms with Crippen molar-refractivity contribution in [3.8, 4) is 0 Å². The Labute approximate surface area is 81.5 Å². The van der Waals surface area contributed by atoms with E-state index < -0.39 is 0 Å². The fourth-order valence-corrected chi connectivity index (χ4v) is 2.76. The standard InChI is InChI=1S/C11H22N2/c12-11-6-7-13(9-11)8-10-4-2-1-3-5-10/h10-11H,1-9,12H2/t11-/m1/s1. The molecular formula is C11H22N2. The Bertz CT molecular complexity index is 149. The van der Waals surface area contributed by atoms with Gasteiger partial charge in [0.25, 0.3) is 0 Å². The van der Waals surface area contributed by atoms with Crippen molar-refractivity contribution >= 4 is 0 Å². The molecule has 0 radical (unpaired) electrons. The second kappa shape index (κ2) is 4.43. The third-order valence-corrected chi connectivity index (χ3v) is 3.55. The SMILES string of the molecule is N[C@@H]1CCN(CC2CCCCC2)C1. The molecule has 76 valence electrons. The molecule has 2 aliphatic rings. The molecule has 0 aromatic carbocycles. The lowest BCUT2D eigenvalue weighted by molar-refractivity contribution is 0.232. The van der Waals surface area contributed by atoms with Gasteiger partial charge in [0.05, 0.1) is 0 Å². The molecule has 1 atom stereocenters. The van der Waals surface area contributed by atoms with E-state index in [0.717, 1.165) is 12.5 Å². The molecule has 0 unspecified atom stereocenters. The van der Waals surface area contributed by atoms with Crippen molar-refractivity contribution in [2.45, 2.75) is 44.6 Å². The highest BCUT2D eigenvalue weighted by Gasteiger charge is 2.22. The summed E-state index contributed by atoms with van der Waals surface area (Å²) in [5.41, 5.74) is 5.89. The van der Waals surface area contributed by atoms with E-state index in [4.69, 9.17) is 5.73 Å². The van der Waals surface area contributed by atoms with Crippen molar-refractivity contribution in [3.05, 3.63) is 0 Å². The van der Waals surface area contributed by atoms with Gasteiger partial charge in [-0.05, 0) is 31.7 Å². The van der Waals surface area contributed by atoms with E-state index >= 15 is 0 Å². The molecule has 1 saturated heterocycles. The van der Waals surface area contributed by atoms with Crippen LogP contribution in [0, 0.1) is 5.92 Å². The summed E-state index contributed by atoms with van der Waals surface area (Å²) >= 11 is 0. The van der Waals surface area contributed by atoms with Gasteiger partial charge in [-0.2, -0.15) is 0 Å². The Hall–Kier alpha value is -0.0800. The Morgan fingerprint density at radius 3 is 2.46 bits per heavy atom. The molecule has 0 bridgehead atoms. The zero-order chi connectivity index (χ0) is 9.10. The molecule has 2 rings (SSSR count). The summed E-state index contributed by atoms with van der Waals surface area (Å²) < 4.78 is 0. The highest BCUT2D eigenvalue weighted by atomic mass is 15.2. The summed E-state index contributed by atoms with van der Waals surface area (Å²) in [4.78, 5) is 2.57. The molecule has 1 heterocycles. The molecule has 1 saturated carbocycles. The molecule has 0 aromatic rings. The van der Waals surface area contributed by atoms with Gasteiger partial charge in [0.15, 0.2) is 0 Å². The van der Waals surface area contributed by atoms with Crippen LogP contribution < -0.4 is 5.73 Å². The van der Waals surface area contributed by atoms with E-state index in [0.29, 0.717) is 6.04 Å². The summed E-state index contributed by atoms with van der Waals surface area (Å²) in [7, 11) is 0. The lowest BCUT2D eigenvalue weighted by atomic mass is 9.89. The number of likely N-dealkylation sites (tertiary alicyclic amines) is 1. The average Bonchev–Trinajstić information content (AvgIpc) is 2.53. The van der Waals surface area contributed by atoms with Crippen LogP contribution in [0.25, 0.3) is 0 Å². The predicted molar refractivity (Wildman–Crippen MR) is 55.6 cm³/mol. The lowest BCUT2D eigenvalue weighted by Crippen LogP contribution is -2.31. The van der Waals surface area contributed by atoms with Crippen LogP contribution in [-0.2, 0) is 0 Å². The Morgan fingerprint density at radius 2 is 1.85 bits per heavy atom. The van der Waals surface area contributed by atoms with Gasteiger partial charge in [-0.15, -0.1) is 0 Å². The molecule has 2 nitrogen and oxygen atoms in total. The minimum atomic E-state index is 0.462. The van der Waals surface area contributed by atoms with Crippen LogP contribution in [0.3, 0.4) is 0 Å². The first kappa shape index (κ1) is 9.47. The van der Waals surface area contributed by atoms with Gasteiger partial charge in [0.1, 0.15) is 0 Å². The minimum Gasteiger partial charge on any atom is -0.326 e. The van der Waals surface area contributed by atoms with Crippen LogP contribution in [0.2, 0.25) is 0 Å². The summed E-state index contributed by atoms with van der Waals surface area (Å²) in [6, 6.07) is 0.462. The fourth-order valence-electron chi connectivity index (χ4n) is 2.76. The van der Waals surface area contributed by atoms with Crippen LogP contribution in [0.5, 0.6) is 0 Å². The quantitative estimate of drug-likeness (QED) is 0.703. The van der Waals surface area contributed by atoms with Crippen molar-refractivity contribution < 1.29 is 0 Å². The molecule has 0 spiro atoms. The van der Waals surface area contributed by atoms with Crippen molar-refractivity contribution in [1.82, 2.24) is 4.90 Å². The average molecular weight is 182 g/mol. The Balaban J connectivity index is 1.71. The maximum absolute atomic E-state index is 5.89. The lowest BCUT2D eigenvalue weighted by Gasteiger charge is -2.26. The number of nitrogens with zero attached hydrogens (tertiary/aromatic N) is 1. The van der Waals surface area contributed by atoms with Crippen LogP contribution >= 0.6 is 0 Å². The number of hydrogen-bond donors (Lipinski definition) is 1. The van der Waals surface area contributed by atoms with E-state index in [2.05, 4.69) is 4.90 Å². The summed E-state index contributed by atoms with van der Waals surface area (Å²) in [5, 5.41) is 0. The third kappa shape index (κ3) is 2.68. The molecule has 0 amide bonds. The molecule has 2 heteroatoms. The Morgan fingerprint density at radius 1 is 1.08 bits per heavy atom. The van der Waals surface area contributed by atoms with Crippen molar-refractivity contribution in [2.75, 3.05) is 19.6 Å². The molecule has 2 fully saturated rings. The number of nitrogens with two attached hydrogens (primary N) is 1. The third-order valence-electron chi connectivity index (χ3n) is 3.55. The molecular weight excluding hydrogens is 160 g/mol. The van der Waals surface area contributed by atoms with Gasteiger partial charge >= 0.3 is 0 Å². The van der Waals surface area contributed by atoms with Crippen molar-refractivity contribution in [1.29, 1.82) is 0 Å². The maximum atomic E-state index is 5.89. The van der Waals surface area contributed by atoms with Crippen LogP contribution in [0.15, 0.2) is 0 Å². The monoisotopic (exact) mass is 182 g/mol. The molecule has 1 aliphatic carbocycles. The van der Waals surface area contributed by atoms with Gasteiger partial charge in [-0.3, -0.25) is 0 Å². The van der Waals surface area contributed by atoms with Crippen LogP contribution in [0.4, 0.5) is 0 Å². The Kier molecular flexibility index (Phi) is 3.23. The first-order chi connectivity index (χ1) is 6.34. The topological polar surface area (TPSA) is 29.3 Å². The highest BCUT2D eigenvalue weighted by Crippen LogP contribution is 2.25. The molecule has 1 aliphatic heterocycles. The van der Waals surface area contributed by atoms with Gasteiger partial charge in [-0.25, -0.2) is 0 Å². The van der Waals surface area contributed by atoms with E-state index in [1.54, 1.807) is 0 Å².